The van der Waals surface area contributed by atoms with E-state index in [1.54, 1.807) is 19.1 Å². The van der Waals surface area contributed by atoms with Gasteiger partial charge in [-0.2, -0.15) is 0 Å². The number of aliphatic hydroxyl groups excluding tert-OH is 1. The van der Waals surface area contributed by atoms with Gasteiger partial charge in [-0.15, -0.1) is 11.3 Å². The molecule has 1 fully saturated rings. The fourth-order valence-electron chi connectivity index (χ4n) is 2.71. The molecule has 2 rings (SSSR count). The Morgan fingerprint density at radius 1 is 1.57 bits per heavy atom. The minimum absolute atomic E-state index is 0.0314. The Labute approximate surface area is 128 Å². The minimum Gasteiger partial charge on any atom is -0.396 e. The summed E-state index contributed by atoms with van der Waals surface area (Å²) < 4.78 is 0. The van der Waals surface area contributed by atoms with Crippen LogP contribution in [-0.2, 0) is 4.79 Å². The van der Waals surface area contributed by atoms with E-state index < -0.39 is 6.04 Å². The van der Waals surface area contributed by atoms with Crippen molar-refractivity contribution in [2.24, 2.45) is 5.41 Å². The van der Waals surface area contributed by atoms with Gasteiger partial charge in [0.05, 0.1) is 11.5 Å². The lowest BCUT2D eigenvalue weighted by molar-refractivity contribution is -0.124. The SMILES string of the molecule is CC(NC(=O)c1cccs1)C(=O)NC1CCCC1(C)CO. The number of rotatable bonds is 5. The number of hydrogen-bond acceptors (Lipinski definition) is 4. The highest BCUT2D eigenvalue weighted by Gasteiger charge is 2.39. The van der Waals surface area contributed by atoms with Crippen LogP contribution in [0.25, 0.3) is 0 Å². The molecule has 1 aliphatic rings. The molecule has 3 atom stereocenters. The average Bonchev–Trinajstić information content (AvgIpc) is 3.10. The number of nitrogens with one attached hydrogen (secondary N) is 2. The molecule has 0 aliphatic heterocycles. The molecule has 1 aromatic heterocycles. The van der Waals surface area contributed by atoms with Gasteiger partial charge in [-0.05, 0) is 31.2 Å². The van der Waals surface area contributed by atoms with Gasteiger partial charge in [-0.25, -0.2) is 0 Å². The lowest BCUT2D eigenvalue weighted by atomic mass is 9.85. The van der Waals surface area contributed by atoms with E-state index in [0.717, 1.165) is 19.3 Å². The monoisotopic (exact) mass is 310 g/mol. The Morgan fingerprint density at radius 2 is 2.33 bits per heavy atom. The first-order chi connectivity index (χ1) is 9.96. The van der Waals surface area contributed by atoms with Crippen LogP contribution in [0.3, 0.4) is 0 Å². The fourth-order valence-corrected chi connectivity index (χ4v) is 3.33. The van der Waals surface area contributed by atoms with E-state index >= 15 is 0 Å². The van der Waals surface area contributed by atoms with Gasteiger partial charge >= 0.3 is 0 Å². The zero-order chi connectivity index (χ0) is 15.5. The summed E-state index contributed by atoms with van der Waals surface area (Å²) >= 11 is 1.34. The molecule has 6 heteroatoms. The van der Waals surface area contributed by atoms with Crippen LogP contribution in [0, 0.1) is 5.41 Å². The number of aliphatic hydroxyl groups is 1. The zero-order valence-electron chi connectivity index (χ0n) is 12.4. The maximum atomic E-state index is 12.2. The highest BCUT2D eigenvalue weighted by atomic mass is 32.1. The van der Waals surface area contributed by atoms with Crippen LogP contribution in [0.1, 0.15) is 42.8 Å². The lowest BCUT2D eigenvalue weighted by Gasteiger charge is -2.31. The Bertz CT molecular complexity index is 503. The highest BCUT2D eigenvalue weighted by Crippen LogP contribution is 2.37. The van der Waals surface area contributed by atoms with E-state index in [4.69, 9.17) is 0 Å². The first-order valence-corrected chi connectivity index (χ1v) is 8.10. The van der Waals surface area contributed by atoms with Crippen molar-refractivity contribution in [3.63, 3.8) is 0 Å². The van der Waals surface area contributed by atoms with Gasteiger partial charge in [0.25, 0.3) is 5.91 Å². The summed E-state index contributed by atoms with van der Waals surface area (Å²) in [5.41, 5.74) is -0.257. The van der Waals surface area contributed by atoms with Crippen LogP contribution in [0.5, 0.6) is 0 Å². The van der Waals surface area contributed by atoms with Gasteiger partial charge in [0.2, 0.25) is 5.91 Å². The summed E-state index contributed by atoms with van der Waals surface area (Å²) in [4.78, 5) is 24.7. The minimum atomic E-state index is -0.594. The highest BCUT2D eigenvalue weighted by molar-refractivity contribution is 7.12. The summed E-state index contributed by atoms with van der Waals surface area (Å²) in [5.74, 6) is -0.435. The van der Waals surface area contributed by atoms with Gasteiger partial charge in [-0.1, -0.05) is 19.4 Å². The summed E-state index contributed by atoms with van der Waals surface area (Å²) in [5, 5.41) is 17.0. The first-order valence-electron chi connectivity index (χ1n) is 7.22. The molecule has 1 heterocycles. The van der Waals surface area contributed by atoms with Crippen LogP contribution in [0.15, 0.2) is 17.5 Å². The third-order valence-corrected chi connectivity index (χ3v) is 5.11. The average molecular weight is 310 g/mol. The first kappa shape index (κ1) is 16.0. The van der Waals surface area contributed by atoms with Crippen molar-refractivity contribution >= 4 is 23.2 Å². The molecule has 0 spiro atoms. The van der Waals surface area contributed by atoms with Crippen molar-refractivity contribution in [1.29, 1.82) is 0 Å². The maximum absolute atomic E-state index is 12.2. The van der Waals surface area contributed by atoms with Crippen molar-refractivity contribution in [2.75, 3.05) is 6.61 Å². The molecule has 0 radical (unpaired) electrons. The lowest BCUT2D eigenvalue weighted by Crippen LogP contribution is -2.51. The molecule has 21 heavy (non-hydrogen) atoms. The van der Waals surface area contributed by atoms with Crippen molar-refractivity contribution in [3.8, 4) is 0 Å². The molecule has 5 nitrogen and oxygen atoms in total. The Hall–Kier alpha value is -1.40. The second kappa shape index (κ2) is 6.58. The number of carbonyl (C=O) groups excluding carboxylic acids is 2. The fraction of sp³-hybridized carbons (Fsp3) is 0.600. The van der Waals surface area contributed by atoms with E-state index in [1.165, 1.54) is 11.3 Å². The summed E-state index contributed by atoms with van der Waals surface area (Å²) in [7, 11) is 0. The van der Waals surface area contributed by atoms with E-state index in [1.807, 2.05) is 12.3 Å². The summed E-state index contributed by atoms with van der Waals surface area (Å²) in [6.45, 7) is 3.72. The van der Waals surface area contributed by atoms with E-state index in [2.05, 4.69) is 10.6 Å². The third kappa shape index (κ3) is 3.63. The van der Waals surface area contributed by atoms with Crippen LogP contribution >= 0.6 is 11.3 Å². The molecule has 0 bridgehead atoms. The molecular weight excluding hydrogens is 288 g/mol. The predicted octanol–water partition coefficient (Wildman–Crippen LogP) is 1.53. The van der Waals surface area contributed by atoms with E-state index in [9.17, 15) is 14.7 Å². The molecule has 1 saturated carbocycles. The molecule has 0 saturated heterocycles. The smallest absolute Gasteiger partial charge is 0.261 e. The van der Waals surface area contributed by atoms with Gasteiger partial charge in [0.1, 0.15) is 6.04 Å². The molecule has 116 valence electrons. The Morgan fingerprint density at radius 3 is 2.95 bits per heavy atom. The van der Waals surface area contributed by atoms with Gasteiger partial charge in [-0.3, -0.25) is 9.59 Å². The van der Waals surface area contributed by atoms with E-state index in [-0.39, 0.29) is 29.9 Å². The van der Waals surface area contributed by atoms with Crippen LogP contribution in [-0.4, -0.2) is 35.6 Å². The second-order valence-electron chi connectivity index (χ2n) is 5.94. The number of thiophene rings is 1. The van der Waals surface area contributed by atoms with E-state index in [0.29, 0.717) is 4.88 Å². The molecule has 3 unspecified atom stereocenters. The number of amides is 2. The predicted molar refractivity (Wildman–Crippen MR) is 82.2 cm³/mol. The van der Waals surface area contributed by atoms with Gasteiger partial charge in [0, 0.05) is 11.5 Å². The molecule has 0 aromatic carbocycles. The zero-order valence-corrected chi connectivity index (χ0v) is 13.2. The maximum Gasteiger partial charge on any atom is 0.261 e. The standard InChI is InChI=1S/C15H22N2O3S/c1-10(16-14(20)11-5-4-8-21-11)13(19)17-12-6-3-7-15(12,2)9-18/h4-5,8,10,12,18H,3,6-7,9H2,1-2H3,(H,16,20)(H,17,19). The molecule has 3 N–H and O–H groups in total. The number of carbonyl (C=O) groups is 2. The van der Waals surface area contributed by atoms with Crippen LogP contribution in [0.2, 0.25) is 0 Å². The van der Waals surface area contributed by atoms with Gasteiger partial charge < -0.3 is 15.7 Å². The number of hydrogen-bond donors (Lipinski definition) is 3. The van der Waals surface area contributed by atoms with Crippen LogP contribution < -0.4 is 10.6 Å². The quantitative estimate of drug-likeness (QED) is 0.772. The van der Waals surface area contributed by atoms with Crippen molar-refractivity contribution in [1.82, 2.24) is 10.6 Å². The summed E-state index contributed by atoms with van der Waals surface area (Å²) in [6.07, 6.45) is 2.77. The molecule has 1 aromatic rings. The summed E-state index contributed by atoms with van der Waals surface area (Å²) in [6, 6.07) is 2.90. The second-order valence-corrected chi connectivity index (χ2v) is 6.89. The Balaban J connectivity index is 1.89. The third-order valence-electron chi connectivity index (χ3n) is 4.25. The Kier molecular flexibility index (Phi) is 5.00. The largest absolute Gasteiger partial charge is 0.396 e. The van der Waals surface area contributed by atoms with Crippen molar-refractivity contribution in [2.45, 2.75) is 45.2 Å². The molecular formula is C15H22N2O3S. The van der Waals surface area contributed by atoms with Gasteiger partial charge in [0.15, 0.2) is 0 Å². The van der Waals surface area contributed by atoms with Crippen molar-refractivity contribution < 1.29 is 14.7 Å². The van der Waals surface area contributed by atoms with Crippen LogP contribution in [0.4, 0.5) is 0 Å². The molecule has 1 aliphatic carbocycles. The normalized spacial score (nSPS) is 26.3. The topological polar surface area (TPSA) is 78.4 Å². The van der Waals surface area contributed by atoms with Crippen molar-refractivity contribution in [3.05, 3.63) is 22.4 Å². The molecule has 2 amide bonds.